The first-order chi connectivity index (χ1) is 13.6. The Morgan fingerprint density at radius 2 is 1.14 bits per heavy atom. The van der Waals surface area contributed by atoms with Gasteiger partial charge in [0.25, 0.3) is 0 Å². The molecule has 28 heavy (non-hydrogen) atoms. The summed E-state index contributed by atoms with van der Waals surface area (Å²) in [7, 11) is 1.76. The second-order valence-corrected chi connectivity index (χ2v) is 7.56. The Bertz CT molecular complexity index is 861. The first kappa shape index (κ1) is 20.2. The number of hydrogen-bond donors (Lipinski definition) is 0. The van der Waals surface area contributed by atoms with Crippen LogP contribution in [0, 0.1) is 20.8 Å². The Labute approximate surface area is 170 Å². The van der Waals surface area contributed by atoms with E-state index in [-0.39, 0.29) is 6.71 Å². The lowest BCUT2D eigenvalue weighted by molar-refractivity contribution is 0.204. The van der Waals surface area contributed by atoms with E-state index in [1.807, 2.05) is 0 Å². The normalized spacial score (nSPS) is 11.5. The third-order valence-electron chi connectivity index (χ3n) is 5.20. The van der Waals surface area contributed by atoms with Crippen LogP contribution in [-0.2, 0) is 4.74 Å². The molecule has 0 heterocycles. The topological polar surface area (TPSA) is 9.23 Å². The molecule has 0 aromatic heterocycles. The molecule has 0 aliphatic heterocycles. The standard InChI is InChI=1S/C26H29BO/c1-20-7-13-23(14-8-20)26(6-5-19-28-4)27(24-15-9-21(2)10-16-24)25-17-11-22(3)12-18-25/h6-18H,5,19H2,1-4H3/b26-6-. The van der Waals surface area contributed by atoms with E-state index in [1.165, 1.54) is 38.7 Å². The van der Waals surface area contributed by atoms with Crippen molar-refractivity contribution in [3.8, 4) is 0 Å². The minimum atomic E-state index is 0.195. The molecule has 0 radical (unpaired) electrons. The van der Waals surface area contributed by atoms with Crippen molar-refractivity contribution in [2.45, 2.75) is 27.2 Å². The molecule has 0 saturated carbocycles. The lowest BCUT2D eigenvalue weighted by atomic mass is 9.35. The molecule has 0 atom stereocenters. The van der Waals surface area contributed by atoms with E-state index in [0.29, 0.717) is 0 Å². The molecule has 0 bridgehead atoms. The molecule has 0 fully saturated rings. The number of benzene rings is 3. The van der Waals surface area contributed by atoms with Crippen LogP contribution in [0.15, 0.2) is 78.9 Å². The SMILES string of the molecule is COCC/C=C(\B(c1ccc(C)cc1)c1ccc(C)cc1)c1ccc(C)cc1. The molecule has 0 amide bonds. The van der Waals surface area contributed by atoms with Crippen LogP contribution in [-0.4, -0.2) is 20.4 Å². The van der Waals surface area contributed by atoms with E-state index < -0.39 is 0 Å². The predicted molar refractivity (Wildman–Crippen MR) is 123 cm³/mol. The molecule has 0 spiro atoms. The van der Waals surface area contributed by atoms with Crippen LogP contribution < -0.4 is 10.9 Å². The highest BCUT2D eigenvalue weighted by Crippen LogP contribution is 2.20. The zero-order valence-electron chi connectivity index (χ0n) is 17.4. The summed E-state index contributed by atoms with van der Waals surface area (Å²) in [5, 5.41) is 0. The minimum Gasteiger partial charge on any atom is -0.384 e. The van der Waals surface area contributed by atoms with Gasteiger partial charge in [0.1, 0.15) is 0 Å². The van der Waals surface area contributed by atoms with Gasteiger partial charge in [-0.15, -0.1) is 0 Å². The van der Waals surface area contributed by atoms with E-state index >= 15 is 0 Å². The van der Waals surface area contributed by atoms with E-state index in [1.54, 1.807) is 7.11 Å². The van der Waals surface area contributed by atoms with E-state index in [4.69, 9.17) is 4.74 Å². The van der Waals surface area contributed by atoms with Crippen molar-refractivity contribution in [2.75, 3.05) is 13.7 Å². The molecule has 0 aliphatic rings. The maximum atomic E-state index is 5.33. The summed E-state index contributed by atoms with van der Waals surface area (Å²) < 4.78 is 5.33. The van der Waals surface area contributed by atoms with Crippen molar-refractivity contribution in [1.29, 1.82) is 0 Å². The van der Waals surface area contributed by atoms with E-state index in [0.717, 1.165) is 13.0 Å². The van der Waals surface area contributed by atoms with Crippen LogP contribution >= 0.6 is 0 Å². The number of methoxy groups -OCH3 is 1. The molecule has 2 heteroatoms. The van der Waals surface area contributed by atoms with Crippen LogP contribution in [0.2, 0.25) is 0 Å². The van der Waals surface area contributed by atoms with Gasteiger partial charge < -0.3 is 4.74 Å². The molecule has 142 valence electrons. The Morgan fingerprint density at radius 3 is 1.57 bits per heavy atom. The molecule has 1 nitrogen and oxygen atoms in total. The second-order valence-electron chi connectivity index (χ2n) is 7.56. The molecule has 0 unspecified atom stereocenters. The van der Waals surface area contributed by atoms with Crippen LogP contribution in [0.3, 0.4) is 0 Å². The Hall–Kier alpha value is -2.58. The second kappa shape index (κ2) is 9.57. The largest absolute Gasteiger partial charge is 0.384 e. The van der Waals surface area contributed by atoms with E-state index in [9.17, 15) is 0 Å². The van der Waals surface area contributed by atoms with Crippen molar-refractivity contribution in [1.82, 2.24) is 0 Å². The summed E-state index contributed by atoms with van der Waals surface area (Å²) in [6.45, 7) is 7.33. The quantitative estimate of drug-likeness (QED) is 0.427. The third kappa shape index (κ3) is 5.02. The van der Waals surface area contributed by atoms with Crippen molar-refractivity contribution in [3.05, 3.63) is 101 Å². The van der Waals surface area contributed by atoms with Crippen molar-refractivity contribution in [2.24, 2.45) is 0 Å². The molecule has 3 rings (SSSR count). The van der Waals surface area contributed by atoms with Crippen molar-refractivity contribution < 1.29 is 4.74 Å². The molecule has 3 aromatic carbocycles. The average molecular weight is 368 g/mol. The van der Waals surface area contributed by atoms with Gasteiger partial charge in [-0.1, -0.05) is 112 Å². The zero-order valence-corrected chi connectivity index (χ0v) is 17.4. The summed E-state index contributed by atoms with van der Waals surface area (Å²) in [4.78, 5) is 0. The zero-order chi connectivity index (χ0) is 19.9. The predicted octanol–water partition coefficient (Wildman–Crippen LogP) is 4.88. The molecular formula is C26H29BO. The Balaban J connectivity index is 2.14. The number of hydrogen-bond acceptors (Lipinski definition) is 1. The highest BCUT2D eigenvalue weighted by atomic mass is 16.5. The Morgan fingerprint density at radius 1 is 0.714 bits per heavy atom. The van der Waals surface area contributed by atoms with Crippen molar-refractivity contribution >= 4 is 23.1 Å². The summed E-state index contributed by atoms with van der Waals surface area (Å²) in [5.41, 5.74) is 9.09. The first-order valence-electron chi connectivity index (χ1n) is 9.97. The summed E-state index contributed by atoms with van der Waals surface area (Å²) in [6.07, 6.45) is 3.24. The summed E-state index contributed by atoms with van der Waals surface area (Å²) >= 11 is 0. The van der Waals surface area contributed by atoms with Gasteiger partial charge in [0.15, 0.2) is 0 Å². The highest BCUT2D eigenvalue weighted by molar-refractivity contribution is 6.99. The van der Waals surface area contributed by atoms with Crippen LogP contribution in [0.25, 0.3) is 5.47 Å². The van der Waals surface area contributed by atoms with Gasteiger partial charge in [-0.05, 0) is 32.8 Å². The number of rotatable bonds is 7. The van der Waals surface area contributed by atoms with E-state index in [2.05, 4.69) is 99.6 Å². The third-order valence-corrected chi connectivity index (χ3v) is 5.20. The van der Waals surface area contributed by atoms with Gasteiger partial charge in [0, 0.05) is 13.7 Å². The van der Waals surface area contributed by atoms with Gasteiger partial charge in [0.05, 0.1) is 0 Å². The van der Waals surface area contributed by atoms with Crippen LogP contribution in [0.1, 0.15) is 28.7 Å². The molecule has 0 aliphatic carbocycles. The average Bonchev–Trinajstić information content (AvgIpc) is 2.70. The highest BCUT2D eigenvalue weighted by Gasteiger charge is 2.24. The van der Waals surface area contributed by atoms with Crippen LogP contribution in [0.5, 0.6) is 0 Å². The summed E-state index contributed by atoms with van der Waals surface area (Å²) in [6, 6.07) is 26.7. The fourth-order valence-electron chi connectivity index (χ4n) is 3.55. The lowest BCUT2D eigenvalue weighted by Crippen LogP contribution is -2.43. The van der Waals surface area contributed by atoms with Gasteiger partial charge in [-0.2, -0.15) is 0 Å². The van der Waals surface area contributed by atoms with Crippen LogP contribution in [0.4, 0.5) is 0 Å². The van der Waals surface area contributed by atoms with Gasteiger partial charge in [0.2, 0.25) is 6.71 Å². The number of aryl methyl sites for hydroxylation is 3. The van der Waals surface area contributed by atoms with Gasteiger partial charge >= 0.3 is 0 Å². The summed E-state index contributed by atoms with van der Waals surface area (Å²) in [5.74, 6) is 0. The minimum absolute atomic E-state index is 0.195. The molecule has 0 N–H and O–H groups in total. The fraction of sp³-hybridized carbons (Fsp3) is 0.231. The molecule has 3 aromatic rings. The first-order valence-corrected chi connectivity index (χ1v) is 9.97. The maximum Gasteiger partial charge on any atom is 0.241 e. The molecule has 0 saturated heterocycles. The lowest BCUT2D eigenvalue weighted by Gasteiger charge is -2.20. The number of ether oxygens (including phenoxy) is 1. The van der Waals surface area contributed by atoms with Crippen molar-refractivity contribution in [3.63, 3.8) is 0 Å². The smallest absolute Gasteiger partial charge is 0.241 e. The van der Waals surface area contributed by atoms with Gasteiger partial charge in [-0.25, -0.2) is 0 Å². The Kier molecular flexibility index (Phi) is 6.89. The maximum absolute atomic E-state index is 5.33. The fourth-order valence-corrected chi connectivity index (χ4v) is 3.55. The molecular weight excluding hydrogens is 339 g/mol. The van der Waals surface area contributed by atoms with Gasteiger partial charge in [-0.3, -0.25) is 0 Å². The monoisotopic (exact) mass is 368 g/mol.